The number of aromatic nitrogens is 3. The Bertz CT molecular complexity index is 896. The van der Waals surface area contributed by atoms with E-state index < -0.39 is 0 Å². The maximum atomic E-state index is 4.74. The number of benzene rings is 1. The molecule has 2 heterocycles. The fourth-order valence-corrected chi connectivity index (χ4v) is 3.55. The molecule has 0 spiro atoms. The highest BCUT2D eigenvalue weighted by Gasteiger charge is 2.28. The van der Waals surface area contributed by atoms with Crippen molar-refractivity contribution in [2.45, 2.75) is 45.6 Å². The van der Waals surface area contributed by atoms with Gasteiger partial charge in [0, 0.05) is 24.7 Å². The molecular formula is C22H30N6. The Kier molecular flexibility index (Phi) is 6.63. The Labute approximate surface area is 167 Å². The number of hydrogen-bond acceptors (Lipinski definition) is 3. The summed E-state index contributed by atoms with van der Waals surface area (Å²) in [6, 6.07) is 16.6. The lowest BCUT2D eigenvalue weighted by Gasteiger charge is -2.33. The van der Waals surface area contributed by atoms with E-state index in [1.54, 1.807) is 0 Å². The molecule has 0 fully saturated rings. The van der Waals surface area contributed by atoms with Crippen molar-refractivity contribution in [1.29, 1.82) is 0 Å². The third-order valence-corrected chi connectivity index (χ3v) is 5.44. The summed E-state index contributed by atoms with van der Waals surface area (Å²) >= 11 is 0. The minimum Gasteiger partial charge on any atom is -0.357 e. The molecule has 0 aliphatic carbocycles. The van der Waals surface area contributed by atoms with Gasteiger partial charge in [0.2, 0.25) is 0 Å². The van der Waals surface area contributed by atoms with Gasteiger partial charge in [-0.15, -0.1) is 10.2 Å². The third-order valence-electron chi connectivity index (χ3n) is 5.44. The predicted octanol–water partition coefficient (Wildman–Crippen LogP) is 3.54. The van der Waals surface area contributed by atoms with Gasteiger partial charge in [0.05, 0.1) is 0 Å². The van der Waals surface area contributed by atoms with E-state index in [1.807, 2.05) is 28.8 Å². The first-order valence-corrected chi connectivity index (χ1v) is 10.1. The zero-order chi connectivity index (χ0) is 19.8. The van der Waals surface area contributed by atoms with Gasteiger partial charge < -0.3 is 10.6 Å². The number of guanidine groups is 1. The van der Waals surface area contributed by atoms with Gasteiger partial charge in [-0.05, 0) is 37.5 Å². The topological polar surface area (TPSA) is 66.6 Å². The average Bonchev–Trinajstić information content (AvgIpc) is 3.17. The van der Waals surface area contributed by atoms with Crippen molar-refractivity contribution < 1.29 is 0 Å². The number of rotatable bonds is 8. The standard InChI is InChI=1S/C22H30N6/c1-4-22(5-2,18-12-8-7-9-13-18)17-25-21(23-6-3)24-16-20-27-26-19-14-10-11-15-28(19)20/h7-15H,4-6,16-17H2,1-3H3,(H2,23,24,25). The normalized spacial score (nSPS) is 12.3. The monoisotopic (exact) mass is 378 g/mol. The van der Waals surface area contributed by atoms with Gasteiger partial charge in [-0.2, -0.15) is 0 Å². The van der Waals surface area contributed by atoms with E-state index in [4.69, 9.17) is 4.99 Å². The van der Waals surface area contributed by atoms with Crippen molar-refractivity contribution in [3.63, 3.8) is 0 Å². The molecule has 2 N–H and O–H groups in total. The molecule has 0 saturated heterocycles. The van der Waals surface area contributed by atoms with Crippen LogP contribution in [0, 0.1) is 0 Å². The van der Waals surface area contributed by atoms with Gasteiger partial charge in [0.25, 0.3) is 0 Å². The van der Waals surface area contributed by atoms with Crippen LogP contribution in [0.15, 0.2) is 59.7 Å². The summed E-state index contributed by atoms with van der Waals surface area (Å²) in [6.45, 7) is 8.69. The Morgan fingerprint density at radius 2 is 1.71 bits per heavy atom. The summed E-state index contributed by atoms with van der Waals surface area (Å²) in [5, 5.41) is 15.4. The summed E-state index contributed by atoms with van der Waals surface area (Å²) in [6.07, 6.45) is 4.10. The molecule has 0 atom stereocenters. The molecule has 0 amide bonds. The molecule has 0 saturated carbocycles. The molecule has 0 aliphatic rings. The predicted molar refractivity (Wildman–Crippen MR) is 115 cm³/mol. The molecule has 0 radical (unpaired) electrons. The van der Waals surface area contributed by atoms with Crippen molar-refractivity contribution in [3.8, 4) is 0 Å². The fourth-order valence-electron chi connectivity index (χ4n) is 3.55. The van der Waals surface area contributed by atoms with Crippen LogP contribution < -0.4 is 10.6 Å². The van der Waals surface area contributed by atoms with Crippen LogP contribution in [0.25, 0.3) is 5.65 Å². The third kappa shape index (κ3) is 4.32. The van der Waals surface area contributed by atoms with Crippen molar-refractivity contribution >= 4 is 11.6 Å². The lowest BCUT2D eigenvalue weighted by Crippen LogP contribution is -2.45. The van der Waals surface area contributed by atoms with Crippen LogP contribution in [0.5, 0.6) is 0 Å². The van der Waals surface area contributed by atoms with Crippen LogP contribution in [0.3, 0.4) is 0 Å². The summed E-state index contributed by atoms with van der Waals surface area (Å²) < 4.78 is 1.97. The number of fused-ring (bicyclic) bond motifs is 1. The molecular weight excluding hydrogens is 348 g/mol. The average molecular weight is 379 g/mol. The first-order valence-electron chi connectivity index (χ1n) is 10.1. The zero-order valence-corrected chi connectivity index (χ0v) is 17.0. The lowest BCUT2D eigenvalue weighted by molar-refractivity contribution is 0.389. The molecule has 3 aromatic rings. The summed E-state index contributed by atoms with van der Waals surface area (Å²) in [4.78, 5) is 4.74. The maximum Gasteiger partial charge on any atom is 0.191 e. The second-order valence-corrected chi connectivity index (χ2v) is 6.95. The van der Waals surface area contributed by atoms with Crippen molar-refractivity contribution in [2.24, 2.45) is 4.99 Å². The Morgan fingerprint density at radius 1 is 0.964 bits per heavy atom. The molecule has 0 bridgehead atoms. The SMILES string of the molecule is CCNC(=NCc1nnc2ccccn12)NCC(CC)(CC)c1ccccc1. The first-order chi connectivity index (χ1) is 13.7. The highest BCUT2D eigenvalue weighted by atomic mass is 15.3. The van der Waals surface area contributed by atoms with Crippen LogP contribution in [-0.4, -0.2) is 33.6 Å². The van der Waals surface area contributed by atoms with Crippen LogP contribution in [-0.2, 0) is 12.0 Å². The summed E-state index contributed by atoms with van der Waals surface area (Å²) in [5.74, 6) is 1.63. The Morgan fingerprint density at radius 3 is 2.43 bits per heavy atom. The number of hydrogen-bond donors (Lipinski definition) is 2. The smallest absolute Gasteiger partial charge is 0.191 e. The van der Waals surface area contributed by atoms with Crippen LogP contribution >= 0.6 is 0 Å². The molecule has 3 rings (SSSR count). The van der Waals surface area contributed by atoms with E-state index in [0.29, 0.717) is 6.54 Å². The summed E-state index contributed by atoms with van der Waals surface area (Å²) in [7, 11) is 0. The lowest BCUT2D eigenvalue weighted by atomic mass is 9.76. The van der Waals surface area contributed by atoms with Crippen LogP contribution in [0.1, 0.15) is 45.0 Å². The van der Waals surface area contributed by atoms with Crippen molar-refractivity contribution in [1.82, 2.24) is 25.2 Å². The molecule has 148 valence electrons. The molecule has 6 heteroatoms. The Balaban J connectivity index is 1.75. The molecule has 28 heavy (non-hydrogen) atoms. The van der Waals surface area contributed by atoms with Crippen molar-refractivity contribution in [2.75, 3.05) is 13.1 Å². The second-order valence-electron chi connectivity index (χ2n) is 6.95. The quantitative estimate of drug-likeness (QED) is 0.465. The fraction of sp³-hybridized carbons (Fsp3) is 0.409. The number of aliphatic imine (C=N–C) groups is 1. The number of nitrogens with one attached hydrogen (secondary N) is 2. The van der Waals surface area contributed by atoms with Gasteiger partial charge >= 0.3 is 0 Å². The first kappa shape index (κ1) is 19.9. The Hall–Kier alpha value is -2.89. The largest absolute Gasteiger partial charge is 0.357 e. The van der Waals surface area contributed by atoms with Crippen LogP contribution in [0.2, 0.25) is 0 Å². The summed E-state index contributed by atoms with van der Waals surface area (Å²) in [5.41, 5.74) is 2.29. The van der Waals surface area contributed by atoms with Gasteiger partial charge in [-0.1, -0.05) is 50.2 Å². The highest BCUT2D eigenvalue weighted by Crippen LogP contribution is 2.30. The van der Waals surface area contributed by atoms with E-state index in [-0.39, 0.29) is 5.41 Å². The van der Waals surface area contributed by atoms with E-state index in [0.717, 1.165) is 43.4 Å². The van der Waals surface area contributed by atoms with Gasteiger partial charge in [-0.25, -0.2) is 4.99 Å². The minimum absolute atomic E-state index is 0.0824. The molecule has 2 aromatic heterocycles. The minimum atomic E-state index is 0.0824. The second kappa shape index (κ2) is 9.35. The molecule has 6 nitrogen and oxygen atoms in total. The van der Waals surface area contributed by atoms with Gasteiger partial charge in [0.15, 0.2) is 17.4 Å². The molecule has 1 aromatic carbocycles. The van der Waals surface area contributed by atoms with Gasteiger partial charge in [-0.3, -0.25) is 4.40 Å². The number of nitrogens with zero attached hydrogens (tertiary/aromatic N) is 4. The highest BCUT2D eigenvalue weighted by molar-refractivity contribution is 5.79. The van der Waals surface area contributed by atoms with E-state index in [1.165, 1.54) is 5.56 Å². The maximum absolute atomic E-state index is 4.74. The molecule has 0 unspecified atom stereocenters. The van der Waals surface area contributed by atoms with Crippen molar-refractivity contribution in [3.05, 3.63) is 66.1 Å². The van der Waals surface area contributed by atoms with Crippen LogP contribution in [0.4, 0.5) is 0 Å². The van der Waals surface area contributed by atoms with E-state index >= 15 is 0 Å². The number of pyridine rings is 1. The zero-order valence-electron chi connectivity index (χ0n) is 17.0. The van der Waals surface area contributed by atoms with E-state index in [9.17, 15) is 0 Å². The van der Waals surface area contributed by atoms with E-state index in [2.05, 4.69) is 71.9 Å². The molecule has 0 aliphatic heterocycles. The van der Waals surface area contributed by atoms with Gasteiger partial charge in [0.1, 0.15) is 6.54 Å².